The van der Waals surface area contributed by atoms with Gasteiger partial charge in [0.05, 0.1) is 0 Å². The molecule has 0 atom stereocenters. The molecule has 0 fully saturated rings. The lowest BCUT2D eigenvalue weighted by Crippen LogP contribution is -2.08. The summed E-state index contributed by atoms with van der Waals surface area (Å²) in [5.41, 5.74) is 4.62. The van der Waals surface area contributed by atoms with Gasteiger partial charge in [-0.1, -0.05) is 19.4 Å². The Labute approximate surface area is 126 Å². The zero-order valence-electron chi connectivity index (χ0n) is 12.8. The third kappa shape index (κ3) is 2.75. The quantitative estimate of drug-likeness (QED) is 0.876. The minimum absolute atomic E-state index is 0.762. The molecule has 2 heterocycles. The molecule has 2 aromatic heterocycles. The van der Waals surface area contributed by atoms with Crippen LogP contribution in [0.25, 0.3) is 11.5 Å². The first-order valence-corrected chi connectivity index (χ1v) is 7.85. The molecule has 0 saturated heterocycles. The first-order valence-electron chi connectivity index (χ1n) is 7.85. The van der Waals surface area contributed by atoms with Gasteiger partial charge in [-0.25, -0.2) is 9.97 Å². The number of rotatable bonds is 3. The lowest BCUT2D eigenvalue weighted by molar-refractivity contribution is 0.709. The molecule has 3 rings (SSSR count). The van der Waals surface area contributed by atoms with Gasteiger partial charge in [0, 0.05) is 24.5 Å². The van der Waals surface area contributed by atoms with Gasteiger partial charge in [0.1, 0.15) is 11.5 Å². The van der Waals surface area contributed by atoms with Crippen LogP contribution in [0, 0.1) is 0 Å². The molecule has 0 saturated carbocycles. The molecule has 0 radical (unpaired) electrons. The molecule has 1 N–H and O–H groups in total. The molecule has 1 aliphatic rings. The van der Waals surface area contributed by atoms with Gasteiger partial charge in [-0.3, -0.25) is 4.98 Å². The third-order valence-electron chi connectivity index (χ3n) is 4.15. The van der Waals surface area contributed by atoms with E-state index in [1.165, 1.54) is 36.1 Å². The van der Waals surface area contributed by atoms with Crippen molar-refractivity contribution in [3.8, 4) is 11.5 Å². The van der Waals surface area contributed by atoms with Gasteiger partial charge in [0.25, 0.3) is 0 Å². The predicted molar refractivity (Wildman–Crippen MR) is 85.4 cm³/mol. The zero-order chi connectivity index (χ0) is 14.7. The summed E-state index contributed by atoms with van der Waals surface area (Å²) in [6.07, 6.45) is 8.62. The molecule has 2 aromatic rings. The van der Waals surface area contributed by atoms with Crippen LogP contribution in [0.4, 0.5) is 5.82 Å². The van der Waals surface area contributed by atoms with E-state index in [4.69, 9.17) is 9.97 Å². The van der Waals surface area contributed by atoms with E-state index in [1.807, 2.05) is 19.3 Å². The normalized spacial score (nSPS) is 14.4. The fourth-order valence-corrected chi connectivity index (χ4v) is 3.01. The Kier molecular flexibility index (Phi) is 4.13. The molecule has 0 aliphatic heterocycles. The Morgan fingerprint density at radius 1 is 1.14 bits per heavy atom. The summed E-state index contributed by atoms with van der Waals surface area (Å²) < 4.78 is 0. The molecule has 0 amide bonds. The van der Waals surface area contributed by atoms with Crippen LogP contribution in [-0.2, 0) is 19.3 Å². The van der Waals surface area contributed by atoms with Crippen LogP contribution in [0.15, 0.2) is 18.3 Å². The first kappa shape index (κ1) is 14.0. The van der Waals surface area contributed by atoms with Crippen LogP contribution in [0.2, 0.25) is 0 Å². The Morgan fingerprint density at radius 2 is 2.00 bits per heavy atom. The monoisotopic (exact) mass is 282 g/mol. The molecule has 21 heavy (non-hydrogen) atoms. The number of anilines is 1. The van der Waals surface area contributed by atoms with Crippen LogP contribution in [-0.4, -0.2) is 22.0 Å². The average molecular weight is 282 g/mol. The summed E-state index contributed by atoms with van der Waals surface area (Å²) in [6.45, 7) is 2.14. The van der Waals surface area contributed by atoms with Crippen LogP contribution in [0.3, 0.4) is 0 Å². The van der Waals surface area contributed by atoms with Crippen molar-refractivity contribution in [1.82, 2.24) is 15.0 Å². The van der Waals surface area contributed by atoms with Crippen LogP contribution < -0.4 is 5.32 Å². The van der Waals surface area contributed by atoms with Crippen molar-refractivity contribution < 1.29 is 0 Å². The van der Waals surface area contributed by atoms with E-state index < -0.39 is 0 Å². The standard InChI is InChI=1S/C17H22N4/c1-3-12-8-7-11-19-15(12)17-20-14-10-6-4-5-9-13(14)16(18-2)21-17/h7-8,11H,3-6,9-10H2,1-2H3,(H,18,20,21). The molecular weight excluding hydrogens is 260 g/mol. The Morgan fingerprint density at radius 3 is 2.81 bits per heavy atom. The van der Waals surface area contributed by atoms with E-state index in [2.05, 4.69) is 23.3 Å². The van der Waals surface area contributed by atoms with Crippen molar-refractivity contribution in [1.29, 1.82) is 0 Å². The summed E-state index contributed by atoms with van der Waals surface area (Å²) in [6, 6.07) is 4.08. The second-order valence-corrected chi connectivity index (χ2v) is 5.50. The average Bonchev–Trinajstić information content (AvgIpc) is 2.79. The fraction of sp³-hybridized carbons (Fsp3) is 0.471. The molecule has 110 valence electrons. The number of aromatic nitrogens is 3. The van der Waals surface area contributed by atoms with E-state index in [0.29, 0.717) is 0 Å². The summed E-state index contributed by atoms with van der Waals surface area (Å²) in [5, 5.41) is 3.25. The number of aryl methyl sites for hydroxylation is 2. The highest BCUT2D eigenvalue weighted by Crippen LogP contribution is 2.28. The highest BCUT2D eigenvalue weighted by atomic mass is 15.0. The van der Waals surface area contributed by atoms with Crippen molar-refractivity contribution >= 4 is 5.82 Å². The van der Waals surface area contributed by atoms with E-state index in [9.17, 15) is 0 Å². The smallest absolute Gasteiger partial charge is 0.180 e. The van der Waals surface area contributed by atoms with E-state index in [1.54, 1.807) is 0 Å². The molecular formula is C17H22N4. The number of hydrogen-bond acceptors (Lipinski definition) is 4. The van der Waals surface area contributed by atoms with Gasteiger partial charge >= 0.3 is 0 Å². The SMILES string of the molecule is CCc1cccnc1-c1nc2c(c(NC)n1)CCCCC2. The summed E-state index contributed by atoms with van der Waals surface area (Å²) in [5.74, 6) is 1.74. The van der Waals surface area contributed by atoms with Gasteiger partial charge in [-0.2, -0.15) is 0 Å². The highest BCUT2D eigenvalue weighted by molar-refractivity contribution is 5.60. The maximum absolute atomic E-state index is 4.85. The Bertz CT molecular complexity index is 637. The number of hydrogen-bond donors (Lipinski definition) is 1. The fourth-order valence-electron chi connectivity index (χ4n) is 3.01. The van der Waals surface area contributed by atoms with Crippen molar-refractivity contribution in [3.63, 3.8) is 0 Å². The molecule has 4 nitrogen and oxygen atoms in total. The highest BCUT2D eigenvalue weighted by Gasteiger charge is 2.18. The molecule has 4 heteroatoms. The van der Waals surface area contributed by atoms with E-state index in [-0.39, 0.29) is 0 Å². The number of pyridine rings is 1. The zero-order valence-corrected chi connectivity index (χ0v) is 12.8. The second kappa shape index (κ2) is 6.20. The van der Waals surface area contributed by atoms with Crippen LogP contribution >= 0.6 is 0 Å². The maximum Gasteiger partial charge on any atom is 0.180 e. The number of nitrogens with one attached hydrogen (secondary N) is 1. The maximum atomic E-state index is 4.85. The molecule has 0 bridgehead atoms. The lowest BCUT2D eigenvalue weighted by atomic mass is 10.1. The minimum atomic E-state index is 0.762. The third-order valence-corrected chi connectivity index (χ3v) is 4.15. The van der Waals surface area contributed by atoms with Crippen LogP contribution in [0.5, 0.6) is 0 Å². The predicted octanol–water partition coefficient (Wildman–Crippen LogP) is 3.41. The van der Waals surface area contributed by atoms with Gasteiger partial charge in [-0.05, 0) is 43.7 Å². The molecule has 0 spiro atoms. The topological polar surface area (TPSA) is 50.7 Å². The van der Waals surface area contributed by atoms with Crippen molar-refractivity contribution in [2.75, 3.05) is 12.4 Å². The lowest BCUT2D eigenvalue weighted by Gasteiger charge is -2.13. The summed E-state index contributed by atoms with van der Waals surface area (Å²) in [4.78, 5) is 14.1. The number of fused-ring (bicyclic) bond motifs is 1. The van der Waals surface area contributed by atoms with E-state index >= 15 is 0 Å². The number of nitrogens with zero attached hydrogens (tertiary/aromatic N) is 3. The van der Waals surface area contributed by atoms with Crippen molar-refractivity contribution in [2.24, 2.45) is 0 Å². The Balaban J connectivity index is 2.13. The summed E-state index contributed by atoms with van der Waals surface area (Å²) >= 11 is 0. The van der Waals surface area contributed by atoms with Gasteiger partial charge in [-0.15, -0.1) is 0 Å². The van der Waals surface area contributed by atoms with E-state index in [0.717, 1.165) is 36.6 Å². The molecule has 0 unspecified atom stereocenters. The van der Waals surface area contributed by atoms with Crippen molar-refractivity contribution in [3.05, 3.63) is 35.2 Å². The van der Waals surface area contributed by atoms with Crippen LogP contribution in [0.1, 0.15) is 43.0 Å². The molecule has 1 aliphatic carbocycles. The van der Waals surface area contributed by atoms with Gasteiger partial charge in [0.2, 0.25) is 0 Å². The van der Waals surface area contributed by atoms with Gasteiger partial charge < -0.3 is 5.32 Å². The molecule has 0 aromatic carbocycles. The second-order valence-electron chi connectivity index (χ2n) is 5.50. The Hall–Kier alpha value is -1.97. The minimum Gasteiger partial charge on any atom is -0.373 e. The van der Waals surface area contributed by atoms with Gasteiger partial charge in [0.15, 0.2) is 5.82 Å². The van der Waals surface area contributed by atoms with Crippen molar-refractivity contribution in [2.45, 2.75) is 45.4 Å². The largest absolute Gasteiger partial charge is 0.373 e. The first-order chi connectivity index (χ1) is 10.3. The summed E-state index contributed by atoms with van der Waals surface area (Å²) in [7, 11) is 1.94.